The highest BCUT2D eigenvalue weighted by atomic mass is 79.9. The molecule has 116 valence electrons. The lowest BCUT2D eigenvalue weighted by atomic mass is 10.2. The largest absolute Gasteiger partial charge is 0.489 e. The molecule has 1 aliphatic heterocycles. The molecule has 0 amide bonds. The average Bonchev–Trinajstić information content (AvgIpc) is 2.54. The molecule has 0 aromatic heterocycles. The molecular formula is C18H21BrN2O. The minimum Gasteiger partial charge on any atom is -0.489 e. The molecule has 0 atom stereocenters. The lowest BCUT2D eigenvalue weighted by Crippen LogP contribution is -2.44. The maximum Gasteiger partial charge on any atom is 0.123 e. The maximum atomic E-state index is 5.96. The number of benzene rings is 2. The van der Waals surface area contributed by atoms with Gasteiger partial charge < -0.3 is 14.5 Å². The van der Waals surface area contributed by atoms with Crippen LogP contribution in [-0.2, 0) is 6.61 Å². The first-order valence-corrected chi connectivity index (χ1v) is 8.41. The van der Waals surface area contributed by atoms with Gasteiger partial charge in [-0.25, -0.2) is 0 Å². The summed E-state index contributed by atoms with van der Waals surface area (Å²) in [5.41, 5.74) is 2.41. The summed E-state index contributed by atoms with van der Waals surface area (Å²) in [6.45, 7) is 4.93. The highest BCUT2D eigenvalue weighted by molar-refractivity contribution is 9.10. The van der Waals surface area contributed by atoms with Crippen molar-refractivity contribution >= 4 is 21.6 Å². The van der Waals surface area contributed by atoms with Gasteiger partial charge in [0.25, 0.3) is 0 Å². The number of anilines is 1. The second-order valence-corrected chi connectivity index (χ2v) is 6.63. The number of halogens is 1. The Balaban J connectivity index is 1.70. The lowest BCUT2D eigenvalue weighted by Gasteiger charge is -2.34. The van der Waals surface area contributed by atoms with E-state index in [-0.39, 0.29) is 0 Å². The first-order chi connectivity index (χ1) is 10.7. The highest BCUT2D eigenvalue weighted by Crippen LogP contribution is 2.28. The molecule has 22 heavy (non-hydrogen) atoms. The predicted molar refractivity (Wildman–Crippen MR) is 94.6 cm³/mol. The van der Waals surface area contributed by atoms with Gasteiger partial charge in [0, 0.05) is 42.4 Å². The molecule has 1 saturated heterocycles. The van der Waals surface area contributed by atoms with Crippen molar-refractivity contribution in [3.8, 4) is 5.75 Å². The van der Waals surface area contributed by atoms with Crippen molar-refractivity contribution in [3.05, 3.63) is 58.6 Å². The number of hydrogen-bond donors (Lipinski definition) is 0. The van der Waals surface area contributed by atoms with Gasteiger partial charge in [0.2, 0.25) is 0 Å². The number of hydrogen-bond acceptors (Lipinski definition) is 3. The van der Waals surface area contributed by atoms with E-state index < -0.39 is 0 Å². The maximum absolute atomic E-state index is 5.96. The molecule has 1 heterocycles. The van der Waals surface area contributed by atoms with E-state index in [1.807, 2.05) is 24.3 Å². The molecule has 3 nitrogen and oxygen atoms in total. The van der Waals surface area contributed by atoms with Crippen LogP contribution in [0.2, 0.25) is 0 Å². The molecule has 0 unspecified atom stereocenters. The molecule has 4 heteroatoms. The second kappa shape index (κ2) is 7.16. The van der Waals surface area contributed by atoms with E-state index in [1.165, 1.54) is 11.3 Å². The van der Waals surface area contributed by atoms with Gasteiger partial charge in [-0.3, -0.25) is 0 Å². The zero-order valence-corrected chi connectivity index (χ0v) is 14.4. The van der Waals surface area contributed by atoms with Crippen molar-refractivity contribution in [3.63, 3.8) is 0 Å². The Hall–Kier alpha value is -1.52. The van der Waals surface area contributed by atoms with Crippen molar-refractivity contribution in [1.29, 1.82) is 0 Å². The molecule has 0 bridgehead atoms. The summed E-state index contributed by atoms with van der Waals surface area (Å²) in [6.07, 6.45) is 0. The van der Waals surface area contributed by atoms with Gasteiger partial charge in [-0.05, 0) is 24.7 Å². The van der Waals surface area contributed by atoms with Crippen LogP contribution < -0.4 is 9.64 Å². The number of likely N-dealkylation sites (N-methyl/N-ethyl adjacent to an activating group) is 1. The topological polar surface area (TPSA) is 15.7 Å². The molecular weight excluding hydrogens is 340 g/mol. The molecule has 0 saturated carbocycles. The lowest BCUT2D eigenvalue weighted by molar-refractivity contribution is 0.304. The van der Waals surface area contributed by atoms with Crippen LogP contribution in [-0.4, -0.2) is 38.1 Å². The van der Waals surface area contributed by atoms with E-state index in [0.29, 0.717) is 6.61 Å². The van der Waals surface area contributed by atoms with Gasteiger partial charge in [-0.15, -0.1) is 0 Å². The van der Waals surface area contributed by atoms with Crippen LogP contribution in [0.25, 0.3) is 0 Å². The number of ether oxygens (including phenoxy) is 1. The van der Waals surface area contributed by atoms with E-state index in [1.54, 1.807) is 0 Å². The summed E-state index contributed by atoms with van der Waals surface area (Å²) in [7, 11) is 2.17. The van der Waals surface area contributed by atoms with E-state index in [9.17, 15) is 0 Å². The zero-order chi connectivity index (χ0) is 15.4. The van der Waals surface area contributed by atoms with E-state index in [0.717, 1.165) is 36.4 Å². The van der Waals surface area contributed by atoms with Crippen LogP contribution in [0.1, 0.15) is 5.56 Å². The fourth-order valence-corrected chi connectivity index (χ4v) is 3.08. The van der Waals surface area contributed by atoms with Crippen LogP contribution >= 0.6 is 15.9 Å². The van der Waals surface area contributed by atoms with Crippen molar-refractivity contribution < 1.29 is 4.74 Å². The predicted octanol–water partition coefficient (Wildman–Crippen LogP) is 3.78. The Morgan fingerprint density at radius 2 is 1.73 bits per heavy atom. The third-order valence-electron chi connectivity index (χ3n) is 3.97. The van der Waals surface area contributed by atoms with Crippen LogP contribution in [0.4, 0.5) is 5.69 Å². The quantitative estimate of drug-likeness (QED) is 0.824. The molecule has 2 aromatic rings. The summed E-state index contributed by atoms with van der Waals surface area (Å²) < 4.78 is 7.02. The van der Waals surface area contributed by atoms with E-state index >= 15 is 0 Å². The Labute approximate surface area is 140 Å². The normalized spacial score (nSPS) is 15.8. The van der Waals surface area contributed by atoms with Gasteiger partial charge in [0.15, 0.2) is 0 Å². The van der Waals surface area contributed by atoms with Crippen molar-refractivity contribution in [2.75, 3.05) is 38.1 Å². The van der Waals surface area contributed by atoms with Crippen LogP contribution in [0, 0.1) is 0 Å². The van der Waals surface area contributed by atoms with Crippen LogP contribution in [0.15, 0.2) is 53.0 Å². The summed E-state index contributed by atoms with van der Waals surface area (Å²) in [4.78, 5) is 4.78. The van der Waals surface area contributed by atoms with Crippen molar-refractivity contribution in [2.24, 2.45) is 0 Å². The second-order valence-electron chi connectivity index (χ2n) is 5.71. The van der Waals surface area contributed by atoms with Gasteiger partial charge in [0.1, 0.15) is 12.4 Å². The number of rotatable bonds is 4. The smallest absolute Gasteiger partial charge is 0.123 e. The fraction of sp³-hybridized carbons (Fsp3) is 0.333. The molecule has 1 fully saturated rings. The highest BCUT2D eigenvalue weighted by Gasteiger charge is 2.15. The minimum absolute atomic E-state index is 0.597. The summed E-state index contributed by atoms with van der Waals surface area (Å²) >= 11 is 3.60. The molecule has 0 N–H and O–H groups in total. The Bertz CT molecular complexity index is 610. The Morgan fingerprint density at radius 3 is 2.45 bits per heavy atom. The number of piperazine rings is 1. The first kappa shape index (κ1) is 15.4. The zero-order valence-electron chi connectivity index (χ0n) is 12.8. The van der Waals surface area contributed by atoms with Crippen LogP contribution in [0.3, 0.4) is 0 Å². The molecule has 1 aliphatic rings. The summed E-state index contributed by atoms with van der Waals surface area (Å²) in [5.74, 6) is 0.909. The van der Waals surface area contributed by atoms with Crippen molar-refractivity contribution in [2.45, 2.75) is 6.61 Å². The Kier molecular flexibility index (Phi) is 5.01. The molecule has 0 spiro atoms. The fourth-order valence-electron chi connectivity index (χ4n) is 2.62. The molecule has 3 rings (SSSR count). The van der Waals surface area contributed by atoms with Crippen molar-refractivity contribution in [1.82, 2.24) is 4.90 Å². The SMILES string of the molecule is CN1CCN(c2cc(Br)cc(OCc3ccccc3)c2)CC1. The minimum atomic E-state index is 0.597. The third kappa shape index (κ3) is 4.02. The number of nitrogens with zero attached hydrogens (tertiary/aromatic N) is 2. The van der Waals surface area contributed by atoms with E-state index in [4.69, 9.17) is 4.74 Å². The molecule has 2 aromatic carbocycles. The van der Waals surface area contributed by atoms with Crippen LogP contribution in [0.5, 0.6) is 5.75 Å². The molecule has 0 radical (unpaired) electrons. The summed E-state index contributed by atoms with van der Waals surface area (Å²) in [6, 6.07) is 16.6. The van der Waals surface area contributed by atoms with Gasteiger partial charge in [-0.2, -0.15) is 0 Å². The third-order valence-corrected chi connectivity index (χ3v) is 4.43. The molecule has 0 aliphatic carbocycles. The van der Waals surface area contributed by atoms with E-state index in [2.05, 4.69) is 57.0 Å². The standard InChI is InChI=1S/C18H21BrN2O/c1-20-7-9-21(10-8-20)17-11-16(19)12-18(13-17)22-14-15-5-3-2-4-6-15/h2-6,11-13H,7-10,14H2,1H3. The Morgan fingerprint density at radius 1 is 1.00 bits per heavy atom. The van der Waals surface area contributed by atoms with Gasteiger partial charge in [0.05, 0.1) is 0 Å². The average molecular weight is 361 g/mol. The summed E-state index contributed by atoms with van der Waals surface area (Å²) in [5, 5.41) is 0. The van der Waals surface area contributed by atoms with Gasteiger partial charge in [-0.1, -0.05) is 46.3 Å². The first-order valence-electron chi connectivity index (χ1n) is 7.61. The monoisotopic (exact) mass is 360 g/mol. The van der Waals surface area contributed by atoms with Gasteiger partial charge >= 0.3 is 0 Å².